The largest absolute Gasteiger partial charge is 0.508 e. The van der Waals surface area contributed by atoms with Gasteiger partial charge >= 0.3 is 5.97 Å². The highest BCUT2D eigenvalue weighted by Gasteiger charge is 2.50. The van der Waals surface area contributed by atoms with Gasteiger partial charge in [0.15, 0.2) is 5.60 Å². The second-order valence-electron chi connectivity index (χ2n) is 4.61. The number of aliphatic hydroxyl groups is 2. The van der Waals surface area contributed by atoms with Crippen LogP contribution in [0.2, 0.25) is 0 Å². The Kier molecular flexibility index (Phi) is 2.23. The molecule has 0 bridgehead atoms. The summed E-state index contributed by atoms with van der Waals surface area (Å²) in [6.07, 6.45) is 0.659. The van der Waals surface area contributed by atoms with Crippen LogP contribution in [0.25, 0.3) is 0 Å². The van der Waals surface area contributed by atoms with Gasteiger partial charge < -0.3 is 20.1 Å². The molecule has 1 heterocycles. The fraction of sp³-hybridized carbons (Fsp3) is 0.308. The minimum absolute atomic E-state index is 0.0288. The zero-order valence-electron chi connectivity index (χ0n) is 9.41. The number of hydrogen-bond donors (Lipinski definition) is 3. The lowest BCUT2D eigenvalue weighted by molar-refractivity contribution is -0.161. The fourth-order valence-electron chi connectivity index (χ4n) is 2.67. The van der Waals surface area contributed by atoms with E-state index in [-0.39, 0.29) is 12.2 Å². The lowest BCUT2D eigenvalue weighted by Gasteiger charge is -2.39. The van der Waals surface area contributed by atoms with Crippen LogP contribution in [0.15, 0.2) is 30.4 Å². The van der Waals surface area contributed by atoms with Gasteiger partial charge in [0.25, 0.3) is 0 Å². The third-order valence-corrected chi connectivity index (χ3v) is 3.51. The number of aliphatic hydroxyl groups excluding tert-OH is 2. The normalized spacial score (nSPS) is 33.6. The SMILES string of the molecule is O=C1C=C[C@@]2(C[C@@H](O)c3c(O)cccc3[C@@H]2O)O1. The van der Waals surface area contributed by atoms with Crippen molar-refractivity contribution in [2.45, 2.75) is 24.2 Å². The Morgan fingerprint density at radius 2 is 2.11 bits per heavy atom. The molecule has 2 aliphatic rings. The summed E-state index contributed by atoms with van der Waals surface area (Å²) >= 11 is 0. The molecule has 1 spiro atoms. The van der Waals surface area contributed by atoms with E-state index in [4.69, 9.17) is 4.74 Å². The third-order valence-electron chi connectivity index (χ3n) is 3.51. The zero-order valence-corrected chi connectivity index (χ0v) is 9.41. The van der Waals surface area contributed by atoms with Crippen molar-refractivity contribution in [2.24, 2.45) is 0 Å². The van der Waals surface area contributed by atoms with Gasteiger partial charge in [-0.25, -0.2) is 4.79 Å². The van der Waals surface area contributed by atoms with Gasteiger partial charge in [0.1, 0.15) is 11.9 Å². The molecule has 0 saturated heterocycles. The van der Waals surface area contributed by atoms with Crippen LogP contribution in [0.1, 0.15) is 29.8 Å². The zero-order chi connectivity index (χ0) is 12.9. The minimum atomic E-state index is -1.22. The average molecular weight is 248 g/mol. The molecule has 5 heteroatoms. The molecule has 0 unspecified atom stereocenters. The Bertz CT molecular complexity index is 550. The van der Waals surface area contributed by atoms with E-state index in [9.17, 15) is 20.1 Å². The molecule has 0 fully saturated rings. The van der Waals surface area contributed by atoms with Crippen LogP contribution in [0.4, 0.5) is 0 Å². The van der Waals surface area contributed by atoms with E-state index in [1.54, 1.807) is 12.1 Å². The van der Waals surface area contributed by atoms with E-state index in [1.165, 1.54) is 18.2 Å². The van der Waals surface area contributed by atoms with E-state index < -0.39 is 23.8 Å². The van der Waals surface area contributed by atoms with E-state index in [0.29, 0.717) is 11.1 Å². The first-order valence-corrected chi connectivity index (χ1v) is 5.63. The molecule has 1 aliphatic carbocycles. The smallest absolute Gasteiger partial charge is 0.331 e. The summed E-state index contributed by atoms with van der Waals surface area (Å²) in [6.45, 7) is 0. The Morgan fingerprint density at radius 1 is 1.33 bits per heavy atom. The van der Waals surface area contributed by atoms with Crippen LogP contribution < -0.4 is 0 Å². The van der Waals surface area contributed by atoms with Gasteiger partial charge in [-0.15, -0.1) is 0 Å². The maximum atomic E-state index is 11.2. The quantitative estimate of drug-likeness (QED) is 0.589. The predicted molar refractivity (Wildman–Crippen MR) is 60.6 cm³/mol. The first kappa shape index (κ1) is 11.3. The molecule has 0 radical (unpaired) electrons. The molecule has 1 aromatic rings. The molecule has 3 N–H and O–H groups in total. The number of hydrogen-bond acceptors (Lipinski definition) is 5. The fourth-order valence-corrected chi connectivity index (χ4v) is 2.67. The van der Waals surface area contributed by atoms with Crippen molar-refractivity contribution in [3.63, 3.8) is 0 Å². The molecule has 94 valence electrons. The topological polar surface area (TPSA) is 87.0 Å². The average Bonchev–Trinajstić information content (AvgIpc) is 2.68. The molecule has 1 aliphatic heterocycles. The van der Waals surface area contributed by atoms with Crippen LogP contribution in [0.3, 0.4) is 0 Å². The summed E-state index contributed by atoms with van der Waals surface area (Å²) in [6, 6.07) is 4.62. The summed E-state index contributed by atoms with van der Waals surface area (Å²) in [5.74, 6) is -0.605. The number of phenolic OH excluding ortho intramolecular Hbond substituents is 1. The number of fused-ring (bicyclic) bond motifs is 1. The van der Waals surface area contributed by atoms with Crippen LogP contribution in [-0.4, -0.2) is 26.9 Å². The minimum Gasteiger partial charge on any atom is -0.508 e. The monoisotopic (exact) mass is 248 g/mol. The lowest BCUT2D eigenvalue weighted by atomic mass is 9.76. The highest BCUT2D eigenvalue weighted by molar-refractivity contribution is 5.85. The molecular weight excluding hydrogens is 236 g/mol. The first-order valence-electron chi connectivity index (χ1n) is 5.63. The standard InChI is InChI=1S/C13H12O5/c14-8-3-1-2-7-11(8)9(15)6-13(12(7)17)5-4-10(16)18-13/h1-5,9,12,14-15,17H,6H2/t9-,12+,13+/m1/s1. The molecule has 0 aromatic heterocycles. The van der Waals surface area contributed by atoms with Gasteiger partial charge in [-0.2, -0.15) is 0 Å². The van der Waals surface area contributed by atoms with E-state index >= 15 is 0 Å². The molecule has 3 atom stereocenters. The van der Waals surface area contributed by atoms with Gasteiger partial charge in [-0.3, -0.25) is 0 Å². The molecule has 3 rings (SSSR count). The number of phenols is 1. The van der Waals surface area contributed by atoms with Crippen LogP contribution >= 0.6 is 0 Å². The number of carbonyl (C=O) groups is 1. The summed E-state index contributed by atoms with van der Waals surface area (Å²) in [4.78, 5) is 11.2. The number of ether oxygens (including phenoxy) is 1. The van der Waals surface area contributed by atoms with Crippen molar-refractivity contribution in [1.29, 1.82) is 0 Å². The Labute approximate surface area is 103 Å². The summed E-state index contributed by atoms with van der Waals surface area (Å²) < 4.78 is 5.13. The van der Waals surface area contributed by atoms with Gasteiger partial charge in [0.2, 0.25) is 0 Å². The number of benzene rings is 1. The predicted octanol–water partition coefficient (Wildman–Crippen LogP) is 0.714. The number of esters is 1. The van der Waals surface area contributed by atoms with Gasteiger partial charge in [-0.05, 0) is 17.7 Å². The van der Waals surface area contributed by atoms with Gasteiger partial charge in [0, 0.05) is 18.1 Å². The maximum Gasteiger partial charge on any atom is 0.331 e. The van der Waals surface area contributed by atoms with E-state index in [2.05, 4.69) is 0 Å². The van der Waals surface area contributed by atoms with Crippen molar-refractivity contribution in [1.82, 2.24) is 0 Å². The summed E-state index contributed by atoms with van der Waals surface area (Å²) in [5.41, 5.74) is -0.544. The van der Waals surface area contributed by atoms with Gasteiger partial charge in [0.05, 0.1) is 6.10 Å². The highest BCUT2D eigenvalue weighted by Crippen LogP contribution is 2.49. The molecule has 0 amide bonds. The first-order chi connectivity index (χ1) is 8.53. The van der Waals surface area contributed by atoms with Crippen LogP contribution in [0, 0.1) is 0 Å². The Hall–Kier alpha value is -1.85. The van der Waals surface area contributed by atoms with E-state index in [0.717, 1.165) is 0 Å². The molecule has 0 saturated carbocycles. The highest BCUT2D eigenvalue weighted by atomic mass is 16.6. The summed E-state index contributed by atoms with van der Waals surface area (Å²) in [5, 5.41) is 30.1. The third kappa shape index (κ3) is 1.38. The molecule has 1 aromatic carbocycles. The number of carbonyl (C=O) groups excluding carboxylic acids is 1. The number of rotatable bonds is 0. The lowest BCUT2D eigenvalue weighted by Crippen LogP contribution is -2.41. The van der Waals surface area contributed by atoms with Crippen molar-refractivity contribution >= 4 is 5.97 Å². The molecule has 18 heavy (non-hydrogen) atoms. The number of aromatic hydroxyl groups is 1. The van der Waals surface area contributed by atoms with Crippen molar-refractivity contribution in [3.8, 4) is 5.75 Å². The second-order valence-corrected chi connectivity index (χ2v) is 4.61. The van der Waals surface area contributed by atoms with Crippen molar-refractivity contribution < 1.29 is 24.9 Å². The summed E-state index contributed by atoms with van der Waals surface area (Å²) in [7, 11) is 0. The van der Waals surface area contributed by atoms with E-state index in [1.807, 2.05) is 0 Å². The van der Waals surface area contributed by atoms with Crippen molar-refractivity contribution in [3.05, 3.63) is 41.5 Å². The molecular formula is C13H12O5. The van der Waals surface area contributed by atoms with Crippen LogP contribution in [0.5, 0.6) is 5.75 Å². The second kappa shape index (κ2) is 3.57. The maximum absolute atomic E-state index is 11.2. The Balaban J connectivity index is 2.13. The van der Waals surface area contributed by atoms with Crippen LogP contribution in [-0.2, 0) is 9.53 Å². The van der Waals surface area contributed by atoms with Crippen molar-refractivity contribution in [2.75, 3.05) is 0 Å². The molecule has 5 nitrogen and oxygen atoms in total. The Morgan fingerprint density at radius 3 is 2.78 bits per heavy atom. The van der Waals surface area contributed by atoms with Gasteiger partial charge in [-0.1, -0.05) is 12.1 Å².